The molecule has 0 radical (unpaired) electrons. The lowest BCUT2D eigenvalue weighted by Gasteiger charge is -2.19. The minimum atomic E-state index is -0.769. The van der Waals surface area contributed by atoms with Crippen LogP contribution in [0.4, 0.5) is 4.79 Å². The van der Waals surface area contributed by atoms with E-state index < -0.39 is 17.2 Å². The third-order valence-corrected chi connectivity index (χ3v) is 4.97. The number of carbonyl (C=O) groups is 3. The van der Waals surface area contributed by atoms with Gasteiger partial charge in [0.25, 0.3) is 11.1 Å². The van der Waals surface area contributed by atoms with Gasteiger partial charge in [-0.1, -0.05) is 29.3 Å². The molecule has 2 heterocycles. The van der Waals surface area contributed by atoms with Gasteiger partial charge in [-0.2, -0.15) is 0 Å². The van der Waals surface area contributed by atoms with Gasteiger partial charge in [0.05, 0.1) is 29.1 Å². The molecule has 1 aliphatic heterocycles. The number of imide groups is 1. The molecule has 2 aromatic rings. The summed E-state index contributed by atoms with van der Waals surface area (Å²) in [6.45, 7) is 1.62. The first kappa shape index (κ1) is 19.6. The quantitative estimate of drug-likeness (QED) is 0.668. The normalized spacial score (nSPS) is 13.0. The van der Waals surface area contributed by atoms with E-state index in [0.717, 1.165) is 4.90 Å². The Morgan fingerprint density at radius 2 is 1.85 bits per heavy atom. The van der Waals surface area contributed by atoms with Gasteiger partial charge in [0.15, 0.2) is 0 Å². The Labute approximate surface area is 170 Å². The summed E-state index contributed by atoms with van der Waals surface area (Å²) in [5, 5.41) is -0.116. The van der Waals surface area contributed by atoms with Crippen LogP contribution in [0.5, 0.6) is 0 Å². The van der Waals surface area contributed by atoms with Gasteiger partial charge in [0.2, 0.25) is 0 Å². The molecule has 0 unspecified atom stereocenters. The molecule has 3 rings (SSSR count). The van der Waals surface area contributed by atoms with Crippen LogP contribution in [-0.4, -0.2) is 46.1 Å². The van der Waals surface area contributed by atoms with Crippen LogP contribution in [-0.2, 0) is 6.54 Å². The van der Waals surface area contributed by atoms with Crippen molar-refractivity contribution in [2.24, 2.45) is 0 Å². The van der Waals surface area contributed by atoms with Crippen LogP contribution < -0.4 is 0 Å². The fourth-order valence-electron chi connectivity index (χ4n) is 3.06. The molecule has 0 atom stereocenters. The molecule has 0 fully saturated rings. The molecule has 0 saturated heterocycles. The predicted octanol–water partition coefficient (Wildman–Crippen LogP) is 4.38. The first-order chi connectivity index (χ1) is 12.6. The number of aromatic nitrogens is 1. The van der Waals surface area contributed by atoms with Crippen molar-refractivity contribution in [3.05, 3.63) is 50.8 Å². The van der Waals surface area contributed by atoms with Crippen LogP contribution in [0.3, 0.4) is 0 Å². The van der Waals surface area contributed by atoms with Gasteiger partial charge in [0, 0.05) is 35.3 Å². The second kappa shape index (κ2) is 7.11. The van der Waals surface area contributed by atoms with Crippen molar-refractivity contribution in [1.29, 1.82) is 0 Å². The molecule has 0 aliphatic carbocycles. The van der Waals surface area contributed by atoms with Gasteiger partial charge in [-0.3, -0.25) is 19.5 Å². The number of hydrogen-bond donors (Lipinski definition) is 0. The number of nitrogens with zero attached hydrogens (tertiary/aromatic N) is 3. The van der Waals surface area contributed by atoms with Gasteiger partial charge in [-0.15, -0.1) is 0 Å². The summed E-state index contributed by atoms with van der Waals surface area (Å²) in [6, 6.07) is 4.22. The van der Waals surface area contributed by atoms with Crippen LogP contribution in [0.25, 0.3) is 11.1 Å². The van der Waals surface area contributed by atoms with Gasteiger partial charge >= 0.3 is 6.03 Å². The molecule has 0 bridgehead atoms. The van der Waals surface area contributed by atoms with E-state index >= 15 is 0 Å². The van der Waals surface area contributed by atoms with Crippen molar-refractivity contribution in [2.75, 3.05) is 14.1 Å². The van der Waals surface area contributed by atoms with Crippen LogP contribution in [0, 0.1) is 6.92 Å². The lowest BCUT2D eigenvalue weighted by molar-refractivity contribution is 0.0796. The summed E-state index contributed by atoms with van der Waals surface area (Å²) in [5.74, 6) is -0.559. The Kier molecular flexibility index (Phi) is 5.16. The summed E-state index contributed by atoms with van der Waals surface area (Å²) < 4.78 is 0. The number of benzene rings is 1. The van der Waals surface area contributed by atoms with E-state index in [1.165, 1.54) is 11.0 Å². The van der Waals surface area contributed by atoms with E-state index in [1.807, 2.05) is 0 Å². The Balaban J connectivity index is 2.33. The molecule has 0 saturated carbocycles. The van der Waals surface area contributed by atoms with Crippen molar-refractivity contribution in [2.45, 2.75) is 13.5 Å². The van der Waals surface area contributed by atoms with Gasteiger partial charge in [-0.05, 0) is 30.7 Å². The lowest BCUT2D eigenvalue weighted by Crippen LogP contribution is -2.39. The second-order valence-corrected chi connectivity index (χ2v) is 7.42. The van der Waals surface area contributed by atoms with Crippen molar-refractivity contribution in [3.8, 4) is 11.1 Å². The number of aryl methyl sites for hydroxylation is 1. The minimum absolute atomic E-state index is 0.000977. The summed E-state index contributed by atoms with van der Waals surface area (Å²) in [7, 11) is 3.09. The number of carbonyl (C=O) groups excluding carboxylic acids is 3. The topological polar surface area (TPSA) is 70.6 Å². The Morgan fingerprint density at radius 1 is 1.19 bits per heavy atom. The first-order valence-electron chi connectivity index (χ1n) is 7.85. The smallest absolute Gasteiger partial charge is 0.326 e. The molecule has 140 valence electrons. The summed E-state index contributed by atoms with van der Waals surface area (Å²) in [6.07, 6.45) is 0. The third-order valence-electron chi connectivity index (χ3n) is 4.23. The maximum absolute atomic E-state index is 13.0. The SMILES string of the molecule is Cc1nc2c(c(-c3ccc(Cl)cc3Cl)c1C(=O)Cl)C(=O)N(C(=O)N(C)C)C2. The zero-order chi connectivity index (χ0) is 20.0. The fourth-order valence-corrected chi connectivity index (χ4v) is 3.80. The van der Waals surface area contributed by atoms with Crippen LogP contribution in [0.15, 0.2) is 18.2 Å². The highest BCUT2D eigenvalue weighted by molar-refractivity contribution is 6.68. The molecule has 9 heteroatoms. The Hall–Kier alpha value is -2.15. The number of urea groups is 1. The zero-order valence-corrected chi connectivity index (χ0v) is 16.9. The zero-order valence-electron chi connectivity index (χ0n) is 14.6. The number of halogens is 3. The molecule has 0 spiro atoms. The van der Waals surface area contributed by atoms with E-state index in [2.05, 4.69) is 4.98 Å². The van der Waals surface area contributed by atoms with Crippen LogP contribution in [0.1, 0.15) is 32.1 Å². The standard InChI is InChI=1S/C18H14Cl3N3O3/c1-8-13(16(21)25)14(10-5-4-9(19)6-11(10)20)15-12(22-8)7-24(17(15)26)18(27)23(2)3/h4-6H,7H2,1-3H3. The molecule has 3 amide bonds. The fraction of sp³-hybridized carbons (Fsp3) is 0.222. The maximum Gasteiger partial charge on any atom is 0.326 e. The molecular weight excluding hydrogens is 413 g/mol. The largest absolute Gasteiger partial charge is 0.330 e. The molecule has 1 aliphatic rings. The lowest BCUT2D eigenvalue weighted by atomic mass is 9.93. The van der Waals surface area contributed by atoms with Crippen molar-refractivity contribution in [1.82, 2.24) is 14.8 Å². The monoisotopic (exact) mass is 425 g/mol. The average molecular weight is 427 g/mol. The molecule has 0 N–H and O–H groups in total. The average Bonchev–Trinajstić information content (AvgIpc) is 2.89. The molecule has 6 nitrogen and oxygen atoms in total. The highest BCUT2D eigenvalue weighted by Crippen LogP contribution is 2.40. The van der Waals surface area contributed by atoms with Gasteiger partial charge in [0.1, 0.15) is 0 Å². The van der Waals surface area contributed by atoms with Crippen molar-refractivity contribution >= 4 is 52.0 Å². The molecule has 1 aromatic carbocycles. The molecular formula is C18H14Cl3N3O3. The van der Waals surface area contributed by atoms with Gasteiger partial charge in [-0.25, -0.2) is 4.79 Å². The third kappa shape index (κ3) is 3.29. The van der Waals surface area contributed by atoms with Crippen molar-refractivity contribution in [3.63, 3.8) is 0 Å². The summed E-state index contributed by atoms with van der Waals surface area (Å²) in [4.78, 5) is 44.2. The van der Waals surface area contributed by atoms with E-state index in [0.29, 0.717) is 22.0 Å². The van der Waals surface area contributed by atoms with Crippen molar-refractivity contribution < 1.29 is 14.4 Å². The maximum atomic E-state index is 13.0. The second-order valence-electron chi connectivity index (χ2n) is 6.24. The molecule has 27 heavy (non-hydrogen) atoms. The summed E-state index contributed by atoms with van der Waals surface area (Å²) >= 11 is 18.1. The number of hydrogen-bond acceptors (Lipinski definition) is 4. The van der Waals surface area contributed by atoms with E-state index in [1.54, 1.807) is 33.2 Å². The highest BCUT2D eigenvalue weighted by Gasteiger charge is 2.39. The van der Waals surface area contributed by atoms with E-state index in [-0.39, 0.29) is 28.3 Å². The number of pyridine rings is 1. The summed E-state index contributed by atoms with van der Waals surface area (Å²) in [5.41, 5.74) is 1.63. The number of fused-ring (bicyclic) bond motifs is 1. The Morgan fingerprint density at radius 3 is 2.41 bits per heavy atom. The highest BCUT2D eigenvalue weighted by atomic mass is 35.5. The molecule has 1 aromatic heterocycles. The predicted molar refractivity (Wildman–Crippen MR) is 104 cm³/mol. The number of rotatable bonds is 2. The number of amides is 3. The first-order valence-corrected chi connectivity index (χ1v) is 8.98. The van der Waals surface area contributed by atoms with Crippen LogP contribution in [0.2, 0.25) is 10.0 Å². The van der Waals surface area contributed by atoms with Crippen LogP contribution >= 0.6 is 34.8 Å². The Bertz CT molecular complexity index is 1010. The van der Waals surface area contributed by atoms with Gasteiger partial charge < -0.3 is 4.90 Å². The van der Waals surface area contributed by atoms with E-state index in [9.17, 15) is 14.4 Å². The van der Waals surface area contributed by atoms with E-state index in [4.69, 9.17) is 34.8 Å². The minimum Gasteiger partial charge on any atom is -0.330 e.